The summed E-state index contributed by atoms with van der Waals surface area (Å²) in [7, 11) is 0. The van der Waals surface area contributed by atoms with Crippen molar-refractivity contribution in [3.8, 4) is 0 Å². The third kappa shape index (κ3) is 3.55. The van der Waals surface area contributed by atoms with Crippen molar-refractivity contribution in [1.82, 2.24) is 9.97 Å². The van der Waals surface area contributed by atoms with E-state index in [-0.39, 0.29) is 0 Å². The topological polar surface area (TPSA) is 63.8 Å². The first-order valence-electron chi connectivity index (χ1n) is 4.26. The molecule has 0 atom stereocenters. The monoisotopic (exact) mass is 178 g/mol. The molecule has 0 bridgehead atoms. The zero-order chi connectivity index (χ0) is 9.52. The summed E-state index contributed by atoms with van der Waals surface area (Å²) in [5.41, 5.74) is 5.48. The maximum atomic E-state index is 5.48. The summed E-state index contributed by atoms with van der Waals surface area (Å²) in [4.78, 5) is 8.01. The van der Waals surface area contributed by atoms with Crippen LogP contribution in [0.1, 0.15) is 13.3 Å². The lowest BCUT2D eigenvalue weighted by Gasteiger charge is -2.01. The summed E-state index contributed by atoms with van der Waals surface area (Å²) in [6, 6.07) is 1.66. The van der Waals surface area contributed by atoms with Crippen LogP contribution in [0.25, 0.3) is 0 Å². The summed E-state index contributed by atoms with van der Waals surface area (Å²) in [6.07, 6.45) is 6.70. The maximum Gasteiger partial charge on any atom is 0.224 e. The molecule has 4 nitrogen and oxygen atoms in total. The van der Waals surface area contributed by atoms with E-state index in [4.69, 9.17) is 5.73 Å². The molecule has 0 radical (unpaired) electrons. The molecule has 0 aliphatic heterocycles. The molecule has 1 rings (SSSR count). The molecule has 0 aliphatic rings. The second kappa shape index (κ2) is 5.13. The van der Waals surface area contributed by atoms with Crippen molar-refractivity contribution in [2.24, 2.45) is 0 Å². The van der Waals surface area contributed by atoms with Crippen molar-refractivity contribution in [2.45, 2.75) is 13.3 Å². The molecule has 0 spiro atoms. The van der Waals surface area contributed by atoms with Crippen LogP contribution in [0.15, 0.2) is 24.4 Å². The van der Waals surface area contributed by atoms with Crippen LogP contribution in [-0.4, -0.2) is 16.5 Å². The fourth-order valence-electron chi connectivity index (χ4n) is 0.892. The van der Waals surface area contributed by atoms with Gasteiger partial charge in [0.25, 0.3) is 0 Å². The van der Waals surface area contributed by atoms with Crippen LogP contribution in [0.3, 0.4) is 0 Å². The standard InChI is InChI=1S/C9H14N4/c1-2-3-4-6-11-9-12-7-5-8(10)13-9/h2-3,5,7H,4,6H2,1H3,(H3,10,11,12,13)/b3-2+. The number of rotatable bonds is 4. The first-order chi connectivity index (χ1) is 6.33. The normalized spacial score (nSPS) is 10.5. The average Bonchev–Trinajstić information content (AvgIpc) is 2.13. The average molecular weight is 178 g/mol. The van der Waals surface area contributed by atoms with Crippen molar-refractivity contribution in [3.05, 3.63) is 24.4 Å². The lowest BCUT2D eigenvalue weighted by Crippen LogP contribution is -2.05. The molecule has 0 aliphatic carbocycles. The van der Waals surface area contributed by atoms with Crippen molar-refractivity contribution >= 4 is 11.8 Å². The van der Waals surface area contributed by atoms with Crippen LogP contribution < -0.4 is 11.1 Å². The summed E-state index contributed by atoms with van der Waals surface area (Å²) >= 11 is 0. The van der Waals surface area contributed by atoms with Gasteiger partial charge in [0.15, 0.2) is 0 Å². The fourth-order valence-corrected chi connectivity index (χ4v) is 0.892. The third-order valence-electron chi connectivity index (χ3n) is 1.51. The molecule has 0 aromatic carbocycles. The Balaban J connectivity index is 2.36. The van der Waals surface area contributed by atoms with Gasteiger partial charge in [-0.15, -0.1) is 0 Å². The number of allylic oxidation sites excluding steroid dienone is 1. The SMILES string of the molecule is C/C=C/CCNc1nccc(N)n1. The summed E-state index contributed by atoms with van der Waals surface area (Å²) in [5.74, 6) is 1.08. The number of aromatic nitrogens is 2. The van der Waals surface area contributed by atoms with Crippen LogP contribution in [0.4, 0.5) is 11.8 Å². The van der Waals surface area contributed by atoms with Gasteiger partial charge >= 0.3 is 0 Å². The van der Waals surface area contributed by atoms with Gasteiger partial charge in [-0.05, 0) is 19.4 Å². The number of hydrogen-bond donors (Lipinski definition) is 2. The first-order valence-corrected chi connectivity index (χ1v) is 4.26. The third-order valence-corrected chi connectivity index (χ3v) is 1.51. The van der Waals surface area contributed by atoms with Crippen molar-refractivity contribution in [3.63, 3.8) is 0 Å². The van der Waals surface area contributed by atoms with E-state index in [1.54, 1.807) is 12.3 Å². The zero-order valence-electron chi connectivity index (χ0n) is 7.70. The van der Waals surface area contributed by atoms with E-state index in [0.717, 1.165) is 13.0 Å². The maximum absolute atomic E-state index is 5.48. The van der Waals surface area contributed by atoms with Gasteiger partial charge in [-0.1, -0.05) is 12.2 Å². The second-order valence-electron chi connectivity index (χ2n) is 2.59. The van der Waals surface area contributed by atoms with Crippen LogP contribution in [0, 0.1) is 0 Å². The number of anilines is 2. The van der Waals surface area contributed by atoms with Crippen molar-refractivity contribution in [1.29, 1.82) is 0 Å². The summed E-state index contributed by atoms with van der Waals surface area (Å²) in [5, 5.41) is 3.07. The molecule has 1 heterocycles. The molecule has 70 valence electrons. The summed E-state index contributed by atoms with van der Waals surface area (Å²) in [6.45, 7) is 2.82. The zero-order valence-corrected chi connectivity index (χ0v) is 7.70. The largest absolute Gasteiger partial charge is 0.384 e. The lowest BCUT2D eigenvalue weighted by molar-refractivity contribution is 1.02. The number of nitrogen functional groups attached to an aromatic ring is 1. The number of nitrogens with one attached hydrogen (secondary N) is 1. The van der Waals surface area contributed by atoms with E-state index in [0.29, 0.717) is 11.8 Å². The minimum absolute atomic E-state index is 0.489. The van der Waals surface area contributed by atoms with Gasteiger partial charge in [0.05, 0.1) is 0 Å². The van der Waals surface area contributed by atoms with E-state index in [2.05, 4.69) is 21.4 Å². The molecule has 4 heteroatoms. The summed E-state index contributed by atoms with van der Waals surface area (Å²) < 4.78 is 0. The van der Waals surface area contributed by atoms with E-state index < -0.39 is 0 Å². The fraction of sp³-hybridized carbons (Fsp3) is 0.333. The van der Waals surface area contributed by atoms with Gasteiger partial charge in [0.2, 0.25) is 5.95 Å². The highest BCUT2D eigenvalue weighted by Crippen LogP contribution is 2.00. The molecule has 0 saturated carbocycles. The molecular weight excluding hydrogens is 164 g/mol. The Hall–Kier alpha value is -1.58. The first kappa shape index (κ1) is 9.51. The van der Waals surface area contributed by atoms with Gasteiger partial charge in [-0.2, -0.15) is 4.98 Å². The van der Waals surface area contributed by atoms with E-state index in [9.17, 15) is 0 Å². The number of nitrogens with two attached hydrogens (primary N) is 1. The molecule has 1 aromatic heterocycles. The number of nitrogens with zero attached hydrogens (tertiary/aromatic N) is 2. The molecule has 3 N–H and O–H groups in total. The Morgan fingerprint density at radius 2 is 2.46 bits per heavy atom. The molecule has 0 amide bonds. The van der Waals surface area contributed by atoms with Crippen LogP contribution in [0.5, 0.6) is 0 Å². The minimum atomic E-state index is 0.489. The highest BCUT2D eigenvalue weighted by Gasteiger charge is 1.93. The molecule has 0 fully saturated rings. The Kier molecular flexibility index (Phi) is 3.75. The lowest BCUT2D eigenvalue weighted by atomic mass is 10.4. The Morgan fingerprint density at radius 1 is 1.62 bits per heavy atom. The van der Waals surface area contributed by atoms with Gasteiger partial charge in [-0.25, -0.2) is 4.98 Å². The Labute approximate surface area is 77.9 Å². The van der Waals surface area contributed by atoms with Gasteiger partial charge in [-0.3, -0.25) is 0 Å². The molecular formula is C9H14N4. The molecule has 1 aromatic rings. The Bertz CT molecular complexity index is 283. The van der Waals surface area contributed by atoms with Crippen molar-refractivity contribution < 1.29 is 0 Å². The molecule has 0 saturated heterocycles. The predicted octanol–water partition coefficient (Wildman–Crippen LogP) is 1.44. The van der Waals surface area contributed by atoms with E-state index >= 15 is 0 Å². The number of hydrogen-bond acceptors (Lipinski definition) is 4. The second-order valence-corrected chi connectivity index (χ2v) is 2.59. The van der Waals surface area contributed by atoms with Gasteiger partial charge in [0, 0.05) is 12.7 Å². The highest BCUT2D eigenvalue weighted by molar-refractivity contribution is 5.34. The highest BCUT2D eigenvalue weighted by atomic mass is 15.1. The van der Waals surface area contributed by atoms with Crippen LogP contribution >= 0.6 is 0 Å². The minimum Gasteiger partial charge on any atom is -0.384 e. The smallest absolute Gasteiger partial charge is 0.224 e. The predicted molar refractivity (Wildman–Crippen MR) is 54.4 cm³/mol. The quantitative estimate of drug-likeness (QED) is 0.541. The van der Waals surface area contributed by atoms with E-state index in [1.165, 1.54) is 0 Å². The van der Waals surface area contributed by atoms with Gasteiger partial charge < -0.3 is 11.1 Å². The van der Waals surface area contributed by atoms with Crippen LogP contribution in [-0.2, 0) is 0 Å². The van der Waals surface area contributed by atoms with E-state index in [1.807, 2.05) is 13.0 Å². The molecule has 0 unspecified atom stereocenters. The van der Waals surface area contributed by atoms with Crippen molar-refractivity contribution in [2.75, 3.05) is 17.6 Å². The Morgan fingerprint density at radius 3 is 3.15 bits per heavy atom. The molecule has 13 heavy (non-hydrogen) atoms. The van der Waals surface area contributed by atoms with Crippen LogP contribution in [0.2, 0.25) is 0 Å². The van der Waals surface area contributed by atoms with Gasteiger partial charge in [0.1, 0.15) is 5.82 Å².